The van der Waals surface area contributed by atoms with Crippen molar-refractivity contribution in [2.24, 2.45) is 0 Å². The Morgan fingerprint density at radius 2 is 2.00 bits per heavy atom. The third-order valence-electron chi connectivity index (χ3n) is 2.85. The Kier molecular flexibility index (Phi) is 6.81. The molecule has 0 atom stereocenters. The molecule has 0 saturated carbocycles. The number of fused-ring (bicyclic) bond motifs is 1. The molecule has 0 saturated heterocycles. The SMILES string of the molecule is CNc1nc(COCCOCCCOC)nc2sccc12. The van der Waals surface area contributed by atoms with Gasteiger partial charge < -0.3 is 19.5 Å². The number of hydrogen-bond donors (Lipinski definition) is 1. The molecule has 21 heavy (non-hydrogen) atoms. The van der Waals surface area contributed by atoms with Gasteiger partial charge >= 0.3 is 0 Å². The fourth-order valence-corrected chi connectivity index (χ4v) is 2.63. The first kappa shape index (κ1) is 16.1. The summed E-state index contributed by atoms with van der Waals surface area (Å²) in [4.78, 5) is 9.91. The summed E-state index contributed by atoms with van der Waals surface area (Å²) in [5.74, 6) is 1.53. The molecule has 2 aromatic rings. The van der Waals surface area contributed by atoms with Crippen molar-refractivity contribution < 1.29 is 14.2 Å². The van der Waals surface area contributed by atoms with Crippen LogP contribution in [0.2, 0.25) is 0 Å². The van der Waals surface area contributed by atoms with Crippen molar-refractivity contribution in [1.29, 1.82) is 0 Å². The van der Waals surface area contributed by atoms with Crippen molar-refractivity contribution >= 4 is 27.4 Å². The summed E-state index contributed by atoms with van der Waals surface area (Å²) in [5, 5.41) is 6.15. The van der Waals surface area contributed by atoms with Gasteiger partial charge in [0, 0.05) is 27.4 Å². The summed E-state index contributed by atoms with van der Waals surface area (Å²) in [5.41, 5.74) is 0. The van der Waals surface area contributed by atoms with Crippen molar-refractivity contribution in [3.05, 3.63) is 17.3 Å². The Hall–Kier alpha value is -1.28. The summed E-state index contributed by atoms with van der Waals surface area (Å²) in [6.45, 7) is 2.92. The zero-order valence-electron chi connectivity index (χ0n) is 12.4. The lowest BCUT2D eigenvalue weighted by Crippen LogP contribution is -2.08. The molecule has 0 unspecified atom stereocenters. The van der Waals surface area contributed by atoms with Gasteiger partial charge in [0.2, 0.25) is 0 Å². The monoisotopic (exact) mass is 311 g/mol. The van der Waals surface area contributed by atoms with Crippen molar-refractivity contribution in [3.63, 3.8) is 0 Å². The van der Waals surface area contributed by atoms with Crippen LogP contribution in [-0.4, -0.2) is 50.6 Å². The average Bonchev–Trinajstić information content (AvgIpc) is 2.97. The maximum absolute atomic E-state index is 5.55. The lowest BCUT2D eigenvalue weighted by atomic mass is 10.4. The van der Waals surface area contributed by atoms with Gasteiger partial charge in [-0.05, 0) is 17.9 Å². The van der Waals surface area contributed by atoms with Gasteiger partial charge in [-0.25, -0.2) is 9.97 Å². The first-order valence-corrected chi connectivity index (χ1v) is 7.79. The number of nitrogens with one attached hydrogen (secondary N) is 1. The molecule has 7 heteroatoms. The zero-order valence-corrected chi connectivity index (χ0v) is 13.2. The Bertz CT molecular complexity index is 547. The molecule has 2 rings (SSSR count). The summed E-state index contributed by atoms with van der Waals surface area (Å²) < 4.78 is 15.9. The largest absolute Gasteiger partial charge is 0.385 e. The van der Waals surface area contributed by atoms with Crippen molar-refractivity contribution in [2.75, 3.05) is 45.9 Å². The van der Waals surface area contributed by atoms with E-state index >= 15 is 0 Å². The maximum Gasteiger partial charge on any atom is 0.158 e. The first-order chi connectivity index (χ1) is 10.3. The van der Waals surface area contributed by atoms with Crippen molar-refractivity contribution in [2.45, 2.75) is 13.0 Å². The smallest absolute Gasteiger partial charge is 0.158 e. The minimum Gasteiger partial charge on any atom is -0.385 e. The van der Waals surface area contributed by atoms with Gasteiger partial charge in [-0.1, -0.05) is 0 Å². The third-order valence-corrected chi connectivity index (χ3v) is 3.66. The van der Waals surface area contributed by atoms with Crippen LogP contribution < -0.4 is 5.32 Å². The predicted molar refractivity (Wildman–Crippen MR) is 83.9 cm³/mol. The molecule has 0 aromatic carbocycles. The van der Waals surface area contributed by atoms with Gasteiger partial charge in [0.25, 0.3) is 0 Å². The number of thiophene rings is 1. The first-order valence-electron chi connectivity index (χ1n) is 6.91. The Labute approximate surface area is 128 Å². The van der Waals surface area contributed by atoms with Gasteiger partial charge in [0.05, 0.1) is 18.6 Å². The summed E-state index contributed by atoms with van der Waals surface area (Å²) in [7, 11) is 3.55. The molecule has 2 heterocycles. The van der Waals surface area contributed by atoms with E-state index in [1.165, 1.54) is 0 Å². The molecule has 0 spiro atoms. The highest BCUT2D eigenvalue weighted by Crippen LogP contribution is 2.24. The van der Waals surface area contributed by atoms with Crippen LogP contribution in [0.3, 0.4) is 0 Å². The van der Waals surface area contributed by atoms with Crippen LogP contribution in [0.1, 0.15) is 12.2 Å². The summed E-state index contributed by atoms with van der Waals surface area (Å²) in [6, 6.07) is 2.02. The number of nitrogens with zero attached hydrogens (tertiary/aromatic N) is 2. The summed E-state index contributed by atoms with van der Waals surface area (Å²) >= 11 is 1.60. The van der Waals surface area contributed by atoms with Crippen LogP contribution in [0.15, 0.2) is 11.4 Å². The van der Waals surface area contributed by atoms with Crippen LogP contribution in [-0.2, 0) is 20.8 Å². The molecule has 0 amide bonds. The Morgan fingerprint density at radius 3 is 2.81 bits per heavy atom. The number of methoxy groups -OCH3 is 1. The molecular weight excluding hydrogens is 290 g/mol. The number of ether oxygens (including phenoxy) is 3. The van der Waals surface area contributed by atoms with E-state index in [4.69, 9.17) is 14.2 Å². The number of aromatic nitrogens is 2. The Balaban J connectivity index is 1.73. The molecule has 1 N–H and O–H groups in total. The highest BCUT2D eigenvalue weighted by Gasteiger charge is 2.07. The van der Waals surface area contributed by atoms with Gasteiger partial charge in [0.1, 0.15) is 17.3 Å². The van der Waals surface area contributed by atoms with Crippen LogP contribution in [0.5, 0.6) is 0 Å². The quantitative estimate of drug-likeness (QED) is 0.679. The van der Waals surface area contributed by atoms with E-state index in [0.717, 1.165) is 29.1 Å². The van der Waals surface area contributed by atoms with Crippen LogP contribution in [0, 0.1) is 0 Å². The molecule has 0 radical (unpaired) electrons. The molecular formula is C14H21N3O3S. The standard InChI is InChI=1S/C14H21N3O3S/c1-15-13-11-4-9-21-14(11)17-12(16-13)10-20-8-7-19-6-3-5-18-2/h4,9H,3,5-8,10H2,1-2H3,(H,15,16,17). The van der Waals surface area contributed by atoms with E-state index in [2.05, 4.69) is 15.3 Å². The maximum atomic E-state index is 5.55. The van der Waals surface area contributed by atoms with Gasteiger partial charge in [-0.2, -0.15) is 0 Å². The third kappa shape index (κ3) is 4.89. The second kappa shape index (κ2) is 8.89. The molecule has 0 aliphatic rings. The van der Waals surface area contributed by atoms with Crippen LogP contribution >= 0.6 is 11.3 Å². The minimum absolute atomic E-state index is 0.393. The second-order valence-electron chi connectivity index (χ2n) is 4.39. The lowest BCUT2D eigenvalue weighted by molar-refractivity contribution is 0.0318. The average molecular weight is 311 g/mol. The molecule has 2 aromatic heterocycles. The van der Waals surface area contributed by atoms with E-state index in [9.17, 15) is 0 Å². The lowest BCUT2D eigenvalue weighted by Gasteiger charge is -2.07. The van der Waals surface area contributed by atoms with E-state index in [-0.39, 0.29) is 0 Å². The second-order valence-corrected chi connectivity index (χ2v) is 5.28. The predicted octanol–water partition coefficient (Wildman–Crippen LogP) is 2.30. The highest BCUT2D eigenvalue weighted by molar-refractivity contribution is 7.16. The van der Waals surface area contributed by atoms with Gasteiger partial charge in [-0.15, -0.1) is 11.3 Å². The fourth-order valence-electron chi connectivity index (χ4n) is 1.84. The number of rotatable bonds is 10. The molecule has 0 aliphatic carbocycles. The molecule has 0 fully saturated rings. The van der Waals surface area contributed by atoms with Crippen LogP contribution in [0.25, 0.3) is 10.2 Å². The van der Waals surface area contributed by atoms with Crippen LogP contribution in [0.4, 0.5) is 5.82 Å². The van der Waals surface area contributed by atoms with E-state index < -0.39 is 0 Å². The number of hydrogen-bond acceptors (Lipinski definition) is 7. The van der Waals surface area contributed by atoms with Gasteiger partial charge in [0.15, 0.2) is 5.82 Å². The van der Waals surface area contributed by atoms with E-state index in [0.29, 0.717) is 32.3 Å². The molecule has 116 valence electrons. The van der Waals surface area contributed by atoms with E-state index in [1.807, 2.05) is 18.5 Å². The normalized spacial score (nSPS) is 11.1. The van der Waals surface area contributed by atoms with Gasteiger partial charge in [-0.3, -0.25) is 0 Å². The topological polar surface area (TPSA) is 65.5 Å². The number of anilines is 1. The van der Waals surface area contributed by atoms with E-state index in [1.54, 1.807) is 18.4 Å². The van der Waals surface area contributed by atoms with Crippen molar-refractivity contribution in [1.82, 2.24) is 9.97 Å². The molecule has 0 aliphatic heterocycles. The zero-order chi connectivity index (χ0) is 14.9. The molecule has 6 nitrogen and oxygen atoms in total. The molecule has 0 bridgehead atoms. The Morgan fingerprint density at radius 1 is 1.14 bits per heavy atom. The highest BCUT2D eigenvalue weighted by atomic mass is 32.1. The van der Waals surface area contributed by atoms with Crippen molar-refractivity contribution in [3.8, 4) is 0 Å². The minimum atomic E-state index is 0.393. The summed E-state index contributed by atoms with van der Waals surface area (Å²) in [6.07, 6.45) is 0.903. The fraction of sp³-hybridized carbons (Fsp3) is 0.571.